The fraction of sp³-hybridized carbons (Fsp3) is 0.320. The second-order valence-electron chi connectivity index (χ2n) is 8.98. The van der Waals surface area contributed by atoms with Gasteiger partial charge in [0.25, 0.3) is 0 Å². The molecule has 2 aliphatic rings. The van der Waals surface area contributed by atoms with Crippen LogP contribution < -0.4 is 21.3 Å². The molecule has 10 nitrogen and oxygen atoms in total. The summed E-state index contributed by atoms with van der Waals surface area (Å²) in [6, 6.07) is 7.56. The molecule has 2 aliphatic heterocycles. The Morgan fingerprint density at radius 3 is 2.80 bits per heavy atom. The number of anilines is 5. The molecule has 35 heavy (non-hydrogen) atoms. The zero-order valence-electron chi connectivity index (χ0n) is 19.8. The Bertz CT molecular complexity index is 1280. The van der Waals surface area contributed by atoms with Crippen molar-refractivity contribution in [1.29, 1.82) is 0 Å². The molecule has 3 aromatic rings. The highest BCUT2D eigenvalue weighted by Crippen LogP contribution is 2.27. The van der Waals surface area contributed by atoms with E-state index in [0.717, 1.165) is 46.6 Å². The monoisotopic (exact) mass is 472 g/mol. The van der Waals surface area contributed by atoms with Gasteiger partial charge in [0.05, 0.1) is 11.9 Å². The van der Waals surface area contributed by atoms with E-state index < -0.39 is 0 Å². The van der Waals surface area contributed by atoms with Gasteiger partial charge in [-0.25, -0.2) is 9.78 Å². The minimum atomic E-state index is -0.274. The van der Waals surface area contributed by atoms with Crippen molar-refractivity contribution in [2.24, 2.45) is 0 Å². The highest BCUT2D eigenvalue weighted by atomic mass is 16.2. The van der Waals surface area contributed by atoms with Crippen molar-refractivity contribution in [2.75, 3.05) is 29.0 Å². The molecule has 0 spiro atoms. The number of carbonyl (C=O) groups is 2. The van der Waals surface area contributed by atoms with E-state index in [4.69, 9.17) is 0 Å². The molecule has 3 amide bonds. The van der Waals surface area contributed by atoms with Crippen molar-refractivity contribution in [1.82, 2.24) is 25.2 Å². The number of aromatic nitrogens is 3. The first-order chi connectivity index (χ1) is 16.9. The molecule has 0 aliphatic carbocycles. The maximum atomic E-state index is 12.8. The fourth-order valence-corrected chi connectivity index (χ4v) is 4.37. The number of aryl methyl sites for hydroxylation is 3. The van der Waals surface area contributed by atoms with Crippen molar-refractivity contribution in [2.45, 2.75) is 39.2 Å². The average molecular weight is 473 g/mol. The summed E-state index contributed by atoms with van der Waals surface area (Å²) in [4.78, 5) is 39.5. The lowest BCUT2D eigenvalue weighted by Gasteiger charge is -2.18. The van der Waals surface area contributed by atoms with Gasteiger partial charge < -0.3 is 26.2 Å². The molecule has 0 saturated carbocycles. The number of carbonyl (C=O) groups excluding carboxylic acids is 2. The number of nitrogens with zero attached hydrogens (tertiary/aromatic N) is 4. The van der Waals surface area contributed by atoms with Crippen LogP contribution in [0.1, 0.15) is 30.0 Å². The maximum Gasteiger partial charge on any atom is 0.319 e. The average Bonchev–Trinajstić information content (AvgIpc) is 3.30. The smallest absolute Gasteiger partial charge is 0.319 e. The number of amides is 3. The highest BCUT2D eigenvalue weighted by Gasteiger charge is 2.25. The summed E-state index contributed by atoms with van der Waals surface area (Å²) >= 11 is 0. The van der Waals surface area contributed by atoms with E-state index >= 15 is 0 Å². The molecule has 5 rings (SSSR count). The Morgan fingerprint density at radius 2 is 1.97 bits per heavy atom. The van der Waals surface area contributed by atoms with Crippen LogP contribution in [0, 0.1) is 6.92 Å². The third kappa shape index (κ3) is 5.32. The molecule has 4 heterocycles. The lowest BCUT2D eigenvalue weighted by Crippen LogP contribution is -2.40. The van der Waals surface area contributed by atoms with Gasteiger partial charge in [-0.15, -0.1) is 0 Å². The van der Waals surface area contributed by atoms with Crippen molar-refractivity contribution < 1.29 is 9.59 Å². The normalized spacial score (nSPS) is 16.6. The summed E-state index contributed by atoms with van der Waals surface area (Å²) in [5.41, 5.74) is 5.40. The van der Waals surface area contributed by atoms with Gasteiger partial charge in [-0.1, -0.05) is 0 Å². The fourth-order valence-electron chi connectivity index (χ4n) is 4.37. The molecule has 6 bridgehead atoms. The Balaban J connectivity index is 1.39. The minimum absolute atomic E-state index is 0.0313. The van der Waals surface area contributed by atoms with E-state index in [2.05, 4.69) is 36.2 Å². The van der Waals surface area contributed by atoms with Crippen LogP contribution in [0.3, 0.4) is 0 Å². The van der Waals surface area contributed by atoms with E-state index in [1.807, 2.05) is 37.4 Å². The van der Waals surface area contributed by atoms with Gasteiger partial charge in [0.2, 0.25) is 11.9 Å². The van der Waals surface area contributed by atoms with Crippen LogP contribution >= 0.6 is 0 Å². The predicted octanol–water partition coefficient (Wildman–Crippen LogP) is 3.51. The van der Waals surface area contributed by atoms with Crippen LogP contribution in [0.4, 0.5) is 33.6 Å². The van der Waals surface area contributed by atoms with Crippen molar-refractivity contribution in [3.05, 3.63) is 59.5 Å². The quantitative estimate of drug-likeness (QED) is 0.450. The van der Waals surface area contributed by atoms with Gasteiger partial charge in [-0.05, 0) is 61.6 Å². The largest absolute Gasteiger partial charge is 0.341 e. The second-order valence-corrected chi connectivity index (χ2v) is 8.98. The first-order valence-corrected chi connectivity index (χ1v) is 11.7. The maximum absolute atomic E-state index is 12.8. The predicted molar refractivity (Wildman–Crippen MR) is 134 cm³/mol. The first-order valence-electron chi connectivity index (χ1n) is 11.7. The van der Waals surface area contributed by atoms with Gasteiger partial charge in [0.15, 0.2) is 0 Å². The second kappa shape index (κ2) is 9.57. The number of urea groups is 1. The molecular weight excluding hydrogens is 444 g/mol. The summed E-state index contributed by atoms with van der Waals surface area (Å²) in [5, 5.41) is 12.6. The van der Waals surface area contributed by atoms with Gasteiger partial charge in [0.1, 0.15) is 5.82 Å². The van der Waals surface area contributed by atoms with Gasteiger partial charge >= 0.3 is 6.03 Å². The SMILES string of the molecule is CC(=O)N1CC[C@H](NC(=O)Nc2ccc3cc2CCc2cncc(c2)Nc2ncc(C)c(n2)N3)C1. The Morgan fingerprint density at radius 1 is 1.09 bits per heavy atom. The summed E-state index contributed by atoms with van der Waals surface area (Å²) < 4.78 is 0. The number of hydrogen-bond donors (Lipinski definition) is 4. The number of pyridine rings is 1. The van der Waals surface area contributed by atoms with Crippen molar-refractivity contribution >= 4 is 40.8 Å². The summed E-state index contributed by atoms with van der Waals surface area (Å²) in [6.07, 6.45) is 7.56. The molecule has 10 heteroatoms. The Kier molecular flexibility index (Phi) is 6.17. The van der Waals surface area contributed by atoms with E-state index in [9.17, 15) is 9.59 Å². The number of fused-ring (bicyclic) bond motifs is 6. The van der Waals surface area contributed by atoms with Crippen molar-refractivity contribution in [3.63, 3.8) is 0 Å². The molecule has 180 valence electrons. The zero-order valence-corrected chi connectivity index (χ0v) is 19.8. The minimum Gasteiger partial charge on any atom is -0.341 e. The van der Waals surface area contributed by atoms with Crippen molar-refractivity contribution in [3.8, 4) is 0 Å². The molecule has 1 aromatic carbocycles. The van der Waals surface area contributed by atoms with Crippen LogP contribution in [0.5, 0.6) is 0 Å². The lowest BCUT2D eigenvalue weighted by molar-refractivity contribution is -0.127. The lowest BCUT2D eigenvalue weighted by atomic mass is 10.0. The number of likely N-dealkylation sites (tertiary alicyclic amines) is 1. The molecule has 0 radical (unpaired) electrons. The highest BCUT2D eigenvalue weighted by molar-refractivity contribution is 5.91. The Hall–Kier alpha value is -4.21. The Labute approximate surface area is 203 Å². The van der Waals surface area contributed by atoms with Gasteiger partial charge in [-0.2, -0.15) is 4.98 Å². The summed E-state index contributed by atoms with van der Waals surface area (Å²) in [7, 11) is 0. The molecule has 1 atom stereocenters. The molecule has 1 saturated heterocycles. The van der Waals surface area contributed by atoms with Crippen LogP contribution in [-0.2, 0) is 17.6 Å². The van der Waals surface area contributed by atoms with Crippen LogP contribution in [0.2, 0.25) is 0 Å². The van der Waals surface area contributed by atoms with Crippen LogP contribution in [-0.4, -0.2) is 50.9 Å². The van der Waals surface area contributed by atoms with Gasteiger partial charge in [0, 0.05) is 55.4 Å². The summed E-state index contributed by atoms with van der Waals surface area (Å²) in [5.74, 6) is 1.22. The first kappa shape index (κ1) is 22.6. The zero-order chi connectivity index (χ0) is 24.4. The third-order valence-corrected chi connectivity index (χ3v) is 6.29. The van der Waals surface area contributed by atoms with E-state index in [1.165, 1.54) is 0 Å². The topological polar surface area (TPSA) is 124 Å². The third-order valence-electron chi connectivity index (χ3n) is 6.29. The summed E-state index contributed by atoms with van der Waals surface area (Å²) in [6.45, 7) is 4.70. The van der Waals surface area contributed by atoms with Crippen LogP contribution in [0.25, 0.3) is 0 Å². The van der Waals surface area contributed by atoms with E-state index in [0.29, 0.717) is 31.3 Å². The van der Waals surface area contributed by atoms with E-state index in [-0.39, 0.29) is 18.0 Å². The number of hydrogen-bond acceptors (Lipinski definition) is 7. The van der Waals surface area contributed by atoms with E-state index in [1.54, 1.807) is 24.2 Å². The molecule has 1 fully saturated rings. The number of nitrogens with one attached hydrogen (secondary N) is 4. The van der Waals surface area contributed by atoms with Gasteiger partial charge in [-0.3, -0.25) is 9.78 Å². The van der Waals surface area contributed by atoms with Crippen LogP contribution in [0.15, 0.2) is 42.9 Å². The molecule has 4 N–H and O–H groups in total. The molecule has 0 unspecified atom stereocenters. The molecular formula is C25H28N8O2. The molecule has 2 aromatic heterocycles. The standard InChI is InChI=1S/C25H28N8O2/c1-15-11-27-24-29-21-9-17(12-26-13-21)3-4-18-10-19(28-23(15)32-24)5-6-22(18)31-25(35)30-20-7-8-33(14-20)16(2)34/h5-6,9-13,20H,3-4,7-8,14H2,1-2H3,(H2,30,31,35)(H2,27,28,29,32)/t20-/m0/s1. The number of benzene rings is 1. The number of rotatable bonds is 2.